The van der Waals surface area contributed by atoms with Gasteiger partial charge < -0.3 is 5.73 Å². The molecule has 0 saturated heterocycles. The van der Waals surface area contributed by atoms with E-state index in [4.69, 9.17) is 5.73 Å². The summed E-state index contributed by atoms with van der Waals surface area (Å²) in [7, 11) is 0. The van der Waals surface area contributed by atoms with Gasteiger partial charge in [0.05, 0.1) is 5.25 Å². The van der Waals surface area contributed by atoms with Crippen LogP contribution in [0.2, 0.25) is 0 Å². The van der Waals surface area contributed by atoms with Crippen LogP contribution in [0.5, 0.6) is 0 Å². The molecule has 78 valence electrons. The topological polar surface area (TPSA) is 68.9 Å². The Morgan fingerprint density at radius 1 is 1.64 bits per heavy atom. The summed E-state index contributed by atoms with van der Waals surface area (Å²) in [5.41, 5.74) is 5.23. The minimum absolute atomic E-state index is 0.187. The lowest BCUT2D eigenvalue weighted by molar-refractivity contribution is -0.117. The van der Waals surface area contributed by atoms with Crippen molar-refractivity contribution in [3.05, 3.63) is 5.82 Å². The van der Waals surface area contributed by atoms with Crippen LogP contribution in [0.1, 0.15) is 26.1 Å². The monoisotopic (exact) mass is 231 g/mol. The van der Waals surface area contributed by atoms with Gasteiger partial charge in [0.2, 0.25) is 5.91 Å². The van der Waals surface area contributed by atoms with Crippen LogP contribution in [0.15, 0.2) is 4.34 Å². The lowest BCUT2D eigenvalue weighted by atomic mass is 10.3. The molecule has 1 atom stereocenters. The second-order valence-corrected chi connectivity index (χ2v) is 4.95. The first-order valence-corrected chi connectivity index (χ1v) is 6.11. The summed E-state index contributed by atoms with van der Waals surface area (Å²) in [6.07, 6.45) is 1.55. The summed E-state index contributed by atoms with van der Waals surface area (Å²) in [5, 5.41) is -0.187. The van der Waals surface area contributed by atoms with Crippen LogP contribution in [-0.2, 0) is 11.2 Å². The summed E-state index contributed by atoms with van der Waals surface area (Å²) < 4.78 is 4.97. The van der Waals surface area contributed by atoms with Crippen molar-refractivity contribution >= 4 is 29.2 Å². The van der Waals surface area contributed by atoms with Crippen molar-refractivity contribution in [2.24, 2.45) is 5.73 Å². The molecule has 0 saturated carbocycles. The number of hydrogen-bond donors (Lipinski definition) is 1. The number of aromatic nitrogens is 2. The van der Waals surface area contributed by atoms with Gasteiger partial charge in [-0.2, -0.15) is 4.37 Å². The summed E-state index contributed by atoms with van der Waals surface area (Å²) in [5.74, 6) is 0.544. The molecule has 0 radical (unpaired) electrons. The molecule has 0 fully saturated rings. The van der Waals surface area contributed by atoms with Crippen LogP contribution in [0.4, 0.5) is 0 Å². The van der Waals surface area contributed by atoms with E-state index in [-0.39, 0.29) is 11.2 Å². The second kappa shape index (κ2) is 5.31. The maximum Gasteiger partial charge on any atom is 0.230 e. The van der Waals surface area contributed by atoms with Crippen molar-refractivity contribution in [3.63, 3.8) is 0 Å². The number of hydrogen-bond acceptors (Lipinski definition) is 5. The van der Waals surface area contributed by atoms with E-state index in [0.29, 0.717) is 0 Å². The molecule has 1 aromatic heterocycles. The molecule has 1 unspecified atom stereocenters. The van der Waals surface area contributed by atoms with Crippen molar-refractivity contribution in [2.45, 2.75) is 36.3 Å². The van der Waals surface area contributed by atoms with Crippen LogP contribution in [-0.4, -0.2) is 20.5 Å². The third kappa shape index (κ3) is 2.95. The molecule has 0 aromatic carbocycles. The maximum absolute atomic E-state index is 11.0. The van der Waals surface area contributed by atoms with Crippen molar-refractivity contribution in [3.8, 4) is 0 Å². The summed E-state index contributed by atoms with van der Waals surface area (Å²) in [6, 6.07) is 0. The maximum atomic E-state index is 11.0. The Labute approximate surface area is 91.5 Å². The molecular weight excluding hydrogens is 218 g/mol. The number of thioether (sulfide) groups is 1. The van der Waals surface area contributed by atoms with Crippen molar-refractivity contribution in [1.29, 1.82) is 0 Å². The molecule has 4 nitrogen and oxygen atoms in total. The first-order valence-electron chi connectivity index (χ1n) is 4.45. The molecule has 1 aromatic rings. The molecule has 1 amide bonds. The quantitative estimate of drug-likeness (QED) is 0.779. The highest BCUT2D eigenvalue weighted by Gasteiger charge is 2.16. The average molecular weight is 231 g/mol. The predicted molar refractivity (Wildman–Crippen MR) is 58.4 cm³/mol. The molecule has 1 heterocycles. The van der Waals surface area contributed by atoms with E-state index >= 15 is 0 Å². The van der Waals surface area contributed by atoms with E-state index < -0.39 is 0 Å². The normalized spacial score (nSPS) is 12.7. The molecule has 0 bridgehead atoms. The lowest BCUT2D eigenvalue weighted by Gasteiger charge is -2.06. The Hall–Kier alpha value is -0.620. The number of amides is 1. The van der Waals surface area contributed by atoms with Crippen molar-refractivity contribution in [2.75, 3.05) is 0 Å². The number of carbonyl (C=O) groups excluding carboxylic acids is 1. The minimum Gasteiger partial charge on any atom is -0.369 e. The summed E-state index contributed by atoms with van der Waals surface area (Å²) in [4.78, 5) is 15.2. The number of aryl methyl sites for hydroxylation is 1. The number of rotatable bonds is 5. The minimum atomic E-state index is -0.286. The third-order valence-corrected chi connectivity index (χ3v) is 3.90. The van der Waals surface area contributed by atoms with Gasteiger partial charge in [-0.05, 0) is 18.0 Å². The van der Waals surface area contributed by atoms with Crippen LogP contribution in [0, 0.1) is 0 Å². The smallest absolute Gasteiger partial charge is 0.230 e. The van der Waals surface area contributed by atoms with Gasteiger partial charge in [-0.3, -0.25) is 4.79 Å². The number of nitrogens with zero attached hydrogens (tertiary/aromatic N) is 2. The molecule has 14 heavy (non-hydrogen) atoms. The van der Waals surface area contributed by atoms with Gasteiger partial charge in [0.25, 0.3) is 0 Å². The Bertz CT molecular complexity index is 313. The van der Waals surface area contributed by atoms with Gasteiger partial charge >= 0.3 is 0 Å². The molecule has 1 rings (SSSR count). The van der Waals surface area contributed by atoms with Gasteiger partial charge in [-0.15, -0.1) is 0 Å². The molecule has 0 aliphatic heterocycles. The zero-order valence-corrected chi connectivity index (χ0v) is 9.82. The average Bonchev–Trinajstić information content (AvgIpc) is 2.61. The number of nitrogens with two attached hydrogens (primary N) is 1. The van der Waals surface area contributed by atoms with Crippen LogP contribution >= 0.6 is 23.3 Å². The molecular formula is C8H13N3OS2. The summed E-state index contributed by atoms with van der Waals surface area (Å²) in [6.45, 7) is 3.94. The lowest BCUT2D eigenvalue weighted by Crippen LogP contribution is -2.24. The van der Waals surface area contributed by atoms with E-state index in [0.717, 1.165) is 23.0 Å². The van der Waals surface area contributed by atoms with Gasteiger partial charge in [0.1, 0.15) is 5.82 Å². The van der Waals surface area contributed by atoms with Crippen molar-refractivity contribution < 1.29 is 4.79 Å². The van der Waals surface area contributed by atoms with Crippen molar-refractivity contribution in [1.82, 2.24) is 9.36 Å². The first kappa shape index (κ1) is 11.5. The fourth-order valence-electron chi connectivity index (χ4n) is 0.894. The molecule has 0 aliphatic carbocycles. The zero-order chi connectivity index (χ0) is 10.6. The predicted octanol–water partition coefficient (Wildman–Crippen LogP) is 1.46. The zero-order valence-electron chi connectivity index (χ0n) is 8.19. The Kier molecular flexibility index (Phi) is 4.34. The molecule has 0 aliphatic rings. The highest BCUT2D eigenvalue weighted by atomic mass is 32.2. The molecule has 0 spiro atoms. The number of primary amides is 1. The summed E-state index contributed by atoms with van der Waals surface area (Å²) >= 11 is 2.73. The van der Waals surface area contributed by atoms with Gasteiger partial charge in [-0.1, -0.05) is 25.6 Å². The SMILES string of the molecule is CCc1nsc(SC(CC)C(N)=O)n1. The van der Waals surface area contributed by atoms with E-state index in [9.17, 15) is 4.79 Å². The highest BCUT2D eigenvalue weighted by Crippen LogP contribution is 2.26. The van der Waals surface area contributed by atoms with E-state index in [1.165, 1.54) is 23.3 Å². The first-order chi connectivity index (χ1) is 6.67. The Morgan fingerprint density at radius 2 is 2.36 bits per heavy atom. The molecule has 6 heteroatoms. The van der Waals surface area contributed by atoms with E-state index in [1.54, 1.807) is 0 Å². The van der Waals surface area contributed by atoms with Crippen LogP contribution < -0.4 is 5.73 Å². The fourth-order valence-corrected chi connectivity index (χ4v) is 2.71. The van der Waals surface area contributed by atoms with Gasteiger partial charge in [-0.25, -0.2) is 4.98 Å². The third-order valence-electron chi connectivity index (χ3n) is 1.70. The number of carbonyl (C=O) groups is 1. The Morgan fingerprint density at radius 3 is 2.79 bits per heavy atom. The van der Waals surface area contributed by atoms with Crippen LogP contribution in [0.3, 0.4) is 0 Å². The van der Waals surface area contributed by atoms with Gasteiger partial charge in [0.15, 0.2) is 4.34 Å². The largest absolute Gasteiger partial charge is 0.369 e. The second-order valence-electron chi connectivity index (χ2n) is 2.75. The fraction of sp³-hybridized carbons (Fsp3) is 0.625. The van der Waals surface area contributed by atoms with Crippen LogP contribution in [0.25, 0.3) is 0 Å². The van der Waals surface area contributed by atoms with E-state index in [1.807, 2.05) is 13.8 Å². The van der Waals surface area contributed by atoms with E-state index in [2.05, 4.69) is 9.36 Å². The standard InChI is InChI=1S/C8H13N3OS2/c1-3-5(7(9)12)13-8-10-6(4-2)11-14-8/h5H,3-4H2,1-2H3,(H2,9,12). The van der Waals surface area contributed by atoms with Gasteiger partial charge in [0, 0.05) is 6.42 Å². The Balaban J connectivity index is 2.62. The highest BCUT2D eigenvalue weighted by molar-refractivity contribution is 8.02. The molecule has 2 N–H and O–H groups in total.